The van der Waals surface area contributed by atoms with Crippen LogP contribution in [0.15, 0.2) is 60.7 Å². The number of Topliss-reactive ketones (excluding diaryl/α,β-unsaturated/α-hetero) is 1. The summed E-state index contributed by atoms with van der Waals surface area (Å²) in [5.41, 5.74) is -0.932. The van der Waals surface area contributed by atoms with Gasteiger partial charge in [0.1, 0.15) is 0 Å². The molecule has 0 aromatic heterocycles. The molecular formula is C22H22O7. The molecule has 1 fully saturated rings. The van der Waals surface area contributed by atoms with Gasteiger partial charge in [-0.05, 0) is 38.1 Å². The van der Waals surface area contributed by atoms with Gasteiger partial charge in [-0.1, -0.05) is 36.4 Å². The number of hydrogen-bond donors (Lipinski definition) is 0. The van der Waals surface area contributed by atoms with E-state index in [-0.39, 0.29) is 5.78 Å². The standard InChI is InChI=1S/C22H22O7/c1-14(23)17-18(28-19(24)15-10-6-4-7-11-15)22(2,21(26-3)27-17)29-20(25)16-12-8-5-9-13-16/h4-13,17-18,21H,1-3H3. The number of carbonyl (C=O) groups excluding carboxylic acids is 3. The van der Waals surface area contributed by atoms with E-state index in [9.17, 15) is 14.4 Å². The van der Waals surface area contributed by atoms with Crippen molar-refractivity contribution in [3.05, 3.63) is 71.8 Å². The van der Waals surface area contributed by atoms with E-state index in [2.05, 4.69) is 0 Å². The second-order valence-corrected chi connectivity index (χ2v) is 6.87. The molecule has 1 heterocycles. The van der Waals surface area contributed by atoms with Gasteiger partial charge in [0.05, 0.1) is 11.1 Å². The Morgan fingerprint density at radius 3 is 1.90 bits per heavy atom. The monoisotopic (exact) mass is 398 g/mol. The maximum absolute atomic E-state index is 12.7. The highest BCUT2D eigenvalue weighted by Gasteiger charge is 2.61. The van der Waals surface area contributed by atoms with E-state index in [1.807, 2.05) is 0 Å². The third-order valence-electron chi connectivity index (χ3n) is 4.76. The maximum atomic E-state index is 12.7. The van der Waals surface area contributed by atoms with Crippen molar-refractivity contribution < 1.29 is 33.3 Å². The van der Waals surface area contributed by atoms with Crippen molar-refractivity contribution in [1.29, 1.82) is 0 Å². The molecule has 0 saturated carbocycles. The quantitative estimate of drug-likeness (QED) is 0.692. The fourth-order valence-corrected chi connectivity index (χ4v) is 3.25. The van der Waals surface area contributed by atoms with Crippen LogP contribution in [0.2, 0.25) is 0 Å². The number of rotatable bonds is 6. The van der Waals surface area contributed by atoms with Gasteiger partial charge in [0.15, 0.2) is 23.6 Å². The van der Waals surface area contributed by atoms with Crippen molar-refractivity contribution in [3.8, 4) is 0 Å². The summed E-state index contributed by atoms with van der Waals surface area (Å²) in [5.74, 6) is -1.69. The average molecular weight is 398 g/mol. The van der Waals surface area contributed by atoms with Crippen LogP contribution in [0, 0.1) is 0 Å². The fraction of sp³-hybridized carbons (Fsp3) is 0.318. The summed E-state index contributed by atoms with van der Waals surface area (Å²) in [6.45, 7) is 2.83. The van der Waals surface area contributed by atoms with E-state index in [4.69, 9.17) is 18.9 Å². The van der Waals surface area contributed by atoms with Crippen LogP contribution < -0.4 is 0 Å². The van der Waals surface area contributed by atoms with E-state index in [1.165, 1.54) is 21.0 Å². The van der Waals surface area contributed by atoms with Crippen molar-refractivity contribution in [2.45, 2.75) is 37.9 Å². The number of ether oxygens (including phenoxy) is 4. The average Bonchev–Trinajstić information content (AvgIpc) is 3.00. The highest BCUT2D eigenvalue weighted by molar-refractivity contribution is 5.91. The maximum Gasteiger partial charge on any atom is 0.338 e. The van der Waals surface area contributed by atoms with Crippen molar-refractivity contribution >= 4 is 17.7 Å². The third-order valence-corrected chi connectivity index (χ3v) is 4.76. The summed E-state index contributed by atoms with van der Waals surface area (Å²) in [7, 11) is 1.36. The highest BCUT2D eigenvalue weighted by atomic mass is 16.7. The predicted molar refractivity (Wildman–Crippen MR) is 102 cm³/mol. The molecule has 1 aliphatic heterocycles. The minimum Gasteiger partial charge on any atom is -0.451 e. The van der Waals surface area contributed by atoms with Crippen molar-refractivity contribution in [2.75, 3.05) is 7.11 Å². The van der Waals surface area contributed by atoms with Crippen LogP contribution in [0.3, 0.4) is 0 Å². The van der Waals surface area contributed by atoms with Gasteiger partial charge >= 0.3 is 11.9 Å². The summed E-state index contributed by atoms with van der Waals surface area (Å²) >= 11 is 0. The zero-order valence-electron chi connectivity index (χ0n) is 16.4. The molecule has 2 aromatic carbocycles. The number of benzene rings is 2. The molecule has 4 atom stereocenters. The Kier molecular flexibility index (Phi) is 6.10. The minimum atomic E-state index is -1.54. The van der Waals surface area contributed by atoms with Crippen LogP contribution in [0.4, 0.5) is 0 Å². The molecule has 2 aromatic rings. The van der Waals surface area contributed by atoms with Gasteiger partial charge < -0.3 is 18.9 Å². The summed E-state index contributed by atoms with van der Waals surface area (Å²) in [6.07, 6.45) is -3.43. The molecule has 1 saturated heterocycles. The molecule has 7 nitrogen and oxygen atoms in total. The second kappa shape index (κ2) is 8.55. The summed E-state index contributed by atoms with van der Waals surface area (Å²) in [5, 5.41) is 0. The number of esters is 2. The first kappa shape index (κ1) is 20.7. The van der Waals surface area contributed by atoms with E-state index in [0.29, 0.717) is 11.1 Å². The van der Waals surface area contributed by atoms with Gasteiger partial charge in [-0.25, -0.2) is 9.59 Å². The smallest absolute Gasteiger partial charge is 0.338 e. The zero-order chi connectivity index (χ0) is 21.0. The second-order valence-electron chi connectivity index (χ2n) is 6.87. The van der Waals surface area contributed by atoms with Crippen LogP contribution in [-0.4, -0.2) is 48.9 Å². The van der Waals surface area contributed by atoms with Crippen LogP contribution in [0.1, 0.15) is 34.6 Å². The molecule has 29 heavy (non-hydrogen) atoms. The van der Waals surface area contributed by atoms with Crippen molar-refractivity contribution in [2.24, 2.45) is 0 Å². The Labute approximate surface area is 168 Å². The Morgan fingerprint density at radius 1 is 0.897 bits per heavy atom. The molecule has 0 amide bonds. The van der Waals surface area contributed by atoms with Gasteiger partial charge in [0, 0.05) is 7.11 Å². The topological polar surface area (TPSA) is 88.1 Å². The van der Waals surface area contributed by atoms with Gasteiger partial charge in [0.25, 0.3) is 0 Å². The van der Waals surface area contributed by atoms with Crippen LogP contribution in [0.5, 0.6) is 0 Å². The molecular weight excluding hydrogens is 376 g/mol. The molecule has 152 valence electrons. The first-order chi connectivity index (χ1) is 13.9. The number of hydrogen-bond acceptors (Lipinski definition) is 7. The Balaban J connectivity index is 1.92. The zero-order valence-corrected chi connectivity index (χ0v) is 16.4. The largest absolute Gasteiger partial charge is 0.451 e. The lowest BCUT2D eigenvalue weighted by Crippen LogP contribution is -2.52. The van der Waals surface area contributed by atoms with Crippen molar-refractivity contribution in [1.82, 2.24) is 0 Å². The number of ketones is 1. The van der Waals surface area contributed by atoms with E-state index < -0.39 is 36.0 Å². The number of carbonyl (C=O) groups is 3. The van der Waals surface area contributed by atoms with E-state index in [1.54, 1.807) is 60.7 Å². The molecule has 7 heteroatoms. The summed E-state index contributed by atoms with van der Waals surface area (Å²) in [4.78, 5) is 37.5. The van der Waals surface area contributed by atoms with Crippen LogP contribution >= 0.6 is 0 Å². The SMILES string of the molecule is COC1OC(C(C)=O)C(OC(=O)c2ccccc2)C1(C)OC(=O)c1ccccc1. The van der Waals surface area contributed by atoms with Gasteiger partial charge in [-0.3, -0.25) is 4.79 Å². The third kappa shape index (κ3) is 4.21. The lowest BCUT2D eigenvalue weighted by Gasteiger charge is -2.33. The van der Waals surface area contributed by atoms with Crippen molar-refractivity contribution in [3.63, 3.8) is 0 Å². The van der Waals surface area contributed by atoms with Crippen LogP contribution in [-0.2, 0) is 23.7 Å². The summed E-state index contributed by atoms with van der Waals surface area (Å²) < 4.78 is 22.3. The highest BCUT2D eigenvalue weighted by Crippen LogP contribution is 2.38. The normalized spacial score (nSPS) is 26.0. The predicted octanol–water partition coefficient (Wildman–Crippen LogP) is 2.79. The van der Waals surface area contributed by atoms with Crippen LogP contribution in [0.25, 0.3) is 0 Å². The first-order valence-corrected chi connectivity index (χ1v) is 9.10. The molecule has 3 rings (SSSR count). The molecule has 0 N–H and O–H groups in total. The first-order valence-electron chi connectivity index (χ1n) is 9.10. The molecule has 4 unspecified atom stereocenters. The van der Waals surface area contributed by atoms with Gasteiger partial charge in [-0.2, -0.15) is 0 Å². The lowest BCUT2D eigenvalue weighted by molar-refractivity contribution is -0.187. The summed E-state index contributed by atoms with van der Waals surface area (Å²) in [6, 6.07) is 16.7. The molecule has 0 aliphatic carbocycles. The fourth-order valence-electron chi connectivity index (χ4n) is 3.25. The Bertz CT molecular complexity index is 881. The van der Waals surface area contributed by atoms with Gasteiger partial charge in [-0.15, -0.1) is 0 Å². The molecule has 0 bridgehead atoms. The number of methoxy groups -OCH3 is 1. The molecule has 0 spiro atoms. The van der Waals surface area contributed by atoms with Gasteiger partial charge in [0.2, 0.25) is 6.29 Å². The molecule has 0 radical (unpaired) electrons. The molecule has 1 aliphatic rings. The van der Waals surface area contributed by atoms with E-state index >= 15 is 0 Å². The lowest BCUT2D eigenvalue weighted by atomic mass is 9.94. The Morgan fingerprint density at radius 2 is 1.41 bits per heavy atom. The minimum absolute atomic E-state index is 0.299. The Hall–Kier alpha value is -3.03. The van der Waals surface area contributed by atoms with E-state index in [0.717, 1.165) is 0 Å².